The second-order valence-electron chi connectivity index (χ2n) is 12.4. The zero-order chi connectivity index (χ0) is 24.5. The average Bonchev–Trinajstić information content (AvgIpc) is 2.90. The molecule has 0 aromatic heterocycles. The summed E-state index contributed by atoms with van der Waals surface area (Å²) in [5, 5.41) is 0. The third-order valence-corrected chi connectivity index (χ3v) is 9.99. The maximum absolute atomic E-state index is 12.9. The van der Waals surface area contributed by atoms with E-state index in [2.05, 4.69) is 26.0 Å². The van der Waals surface area contributed by atoms with E-state index in [-0.39, 0.29) is 11.9 Å². The van der Waals surface area contributed by atoms with Crippen molar-refractivity contribution in [2.24, 2.45) is 29.6 Å². The largest absolute Gasteiger partial charge is 0.426 e. The van der Waals surface area contributed by atoms with E-state index < -0.39 is 0 Å². The fourth-order valence-corrected chi connectivity index (χ4v) is 7.66. The van der Waals surface area contributed by atoms with Crippen LogP contribution >= 0.6 is 0 Å². The minimum absolute atomic E-state index is 0.00967. The molecule has 35 heavy (non-hydrogen) atoms. The van der Waals surface area contributed by atoms with Gasteiger partial charge in [0, 0.05) is 0 Å². The van der Waals surface area contributed by atoms with Crippen molar-refractivity contribution in [2.75, 3.05) is 0 Å². The molecule has 0 aliphatic heterocycles. The number of rotatable bonds is 10. The van der Waals surface area contributed by atoms with Crippen LogP contribution in [0.25, 0.3) is 0 Å². The van der Waals surface area contributed by atoms with Gasteiger partial charge in [-0.25, -0.2) is 0 Å². The van der Waals surface area contributed by atoms with Gasteiger partial charge >= 0.3 is 5.97 Å². The Balaban J connectivity index is 1.16. The van der Waals surface area contributed by atoms with Crippen LogP contribution in [0.4, 0.5) is 0 Å². The standard InChI is InChI=1S/C33H52O2/c1-3-5-6-8-26-11-15-28(16-12-26)30-21-23-32(24-22-30)35-33(34)31-19-17-29(18-20-31)27-13-9-25(7-4-2)10-14-27/h21-29,31H,3-20H2,1-2H3/t25?,26-,27?,28-,29?,31?. The first kappa shape index (κ1) is 26.7. The van der Waals surface area contributed by atoms with Gasteiger partial charge in [0.1, 0.15) is 5.75 Å². The topological polar surface area (TPSA) is 26.3 Å². The van der Waals surface area contributed by atoms with E-state index in [1.807, 2.05) is 12.1 Å². The molecular weight excluding hydrogens is 428 g/mol. The molecule has 3 aliphatic rings. The highest BCUT2D eigenvalue weighted by atomic mass is 16.5. The maximum atomic E-state index is 12.9. The molecule has 0 unspecified atom stereocenters. The summed E-state index contributed by atoms with van der Waals surface area (Å²) in [4.78, 5) is 12.9. The third-order valence-electron chi connectivity index (χ3n) is 9.99. The Morgan fingerprint density at radius 3 is 1.86 bits per heavy atom. The molecule has 4 rings (SSSR count). The average molecular weight is 481 g/mol. The highest BCUT2D eigenvalue weighted by molar-refractivity contribution is 5.75. The van der Waals surface area contributed by atoms with E-state index in [0.717, 1.165) is 42.3 Å². The molecule has 0 amide bonds. The first-order valence-corrected chi connectivity index (χ1v) is 15.5. The van der Waals surface area contributed by atoms with Crippen LogP contribution in [-0.2, 0) is 4.79 Å². The van der Waals surface area contributed by atoms with E-state index in [1.165, 1.54) is 108 Å². The monoisotopic (exact) mass is 480 g/mol. The van der Waals surface area contributed by atoms with Gasteiger partial charge in [0.05, 0.1) is 5.92 Å². The highest BCUT2D eigenvalue weighted by Crippen LogP contribution is 2.43. The van der Waals surface area contributed by atoms with Gasteiger partial charge in [-0.05, 0) is 111 Å². The molecule has 3 aliphatic carbocycles. The number of carbonyl (C=O) groups is 1. The van der Waals surface area contributed by atoms with Gasteiger partial charge in [0.2, 0.25) is 0 Å². The molecule has 0 N–H and O–H groups in total. The number of hydrogen-bond donors (Lipinski definition) is 0. The molecule has 0 saturated heterocycles. The zero-order valence-corrected chi connectivity index (χ0v) is 22.8. The summed E-state index contributed by atoms with van der Waals surface area (Å²) < 4.78 is 5.85. The van der Waals surface area contributed by atoms with Crippen LogP contribution in [0.3, 0.4) is 0 Å². The van der Waals surface area contributed by atoms with Crippen molar-refractivity contribution in [3.05, 3.63) is 29.8 Å². The van der Waals surface area contributed by atoms with Gasteiger partial charge in [0.15, 0.2) is 0 Å². The van der Waals surface area contributed by atoms with Crippen molar-refractivity contribution < 1.29 is 9.53 Å². The lowest BCUT2D eigenvalue weighted by Gasteiger charge is -2.37. The van der Waals surface area contributed by atoms with Crippen molar-refractivity contribution in [1.29, 1.82) is 0 Å². The summed E-state index contributed by atoms with van der Waals surface area (Å²) >= 11 is 0. The molecule has 0 atom stereocenters. The summed E-state index contributed by atoms with van der Waals surface area (Å²) in [5.74, 6) is 5.24. The van der Waals surface area contributed by atoms with Gasteiger partial charge in [-0.1, -0.05) is 77.3 Å². The van der Waals surface area contributed by atoms with E-state index >= 15 is 0 Å². The Morgan fingerprint density at radius 2 is 1.26 bits per heavy atom. The van der Waals surface area contributed by atoms with Gasteiger partial charge in [-0.3, -0.25) is 4.79 Å². The molecule has 2 heteroatoms. The molecular formula is C33H52O2. The molecule has 0 spiro atoms. The van der Waals surface area contributed by atoms with Crippen molar-refractivity contribution >= 4 is 5.97 Å². The van der Waals surface area contributed by atoms with Gasteiger partial charge in [0.25, 0.3) is 0 Å². The summed E-state index contributed by atoms with van der Waals surface area (Å²) in [7, 11) is 0. The Morgan fingerprint density at radius 1 is 0.686 bits per heavy atom. The number of unbranched alkanes of at least 4 members (excludes halogenated alkanes) is 2. The quantitative estimate of drug-likeness (QED) is 0.189. The van der Waals surface area contributed by atoms with Crippen LogP contribution in [-0.4, -0.2) is 5.97 Å². The van der Waals surface area contributed by atoms with E-state index in [0.29, 0.717) is 5.92 Å². The number of carbonyl (C=O) groups excluding carboxylic acids is 1. The fraction of sp³-hybridized carbons (Fsp3) is 0.788. The van der Waals surface area contributed by atoms with Crippen molar-refractivity contribution in [3.63, 3.8) is 0 Å². The number of ether oxygens (including phenoxy) is 1. The van der Waals surface area contributed by atoms with Gasteiger partial charge < -0.3 is 4.74 Å². The smallest absolute Gasteiger partial charge is 0.314 e. The van der Waals surface area contributed by atoms with Crippen LogP contribution in [0.2, 0.25) is 0 Å². The Hall–Kier alpha value is -1.31. The van der Waals surface area contributed by atoms with E-state index in [9.17, 15) is 4.79 Å². The van der Waals surface area contributed by atoms with Crippen molar-refractivity contribution in [3.8, 4) is 5.75 Å². The van der Waals surface area contributed by atoms with E-state index in [1.54, 1.807) is 0 Å². The lowest BCUT2D eigenvalue weighted by molar-refractivity contribution is -0.140. The normalized spacial score (nSPS) is 31.7. The van der Waals surface area contributed by atoms with Gasteiger partial charge in [-0.2, -0.15) is 0 Å². The summed E-state index contributed by atoms with van der Waals surface area (Å²) in [6.45, 7) is 4.62. The molecule has 0 bridgehead atoms. The molecule has 196 valence electrons. The van der Waals surface area contributed by atoms with Crippen LogP contribution in [0.1, 0.15) is 141 Å². The van der Waals surface area contributed by atoms with Crippen molar-refractivity contribution in [2.45, 2.75) is 135 Å². The molecule has 3 fully saturated rings. The predicted octanol–water partition coefficient (Wildman–Crippen LogP) is 9.86. The van der Waals surface area contributed by atoms with Crippen LogP contribution in [0.15, 0.2) is 24.3 Å². The predicted molar refractivity (Wildman–Crippen MR) is 147 cm³/mol. The Kier molecular flexibility index (Phi) is 10.6. The van der Waals surface area contributed by atoms with Crippen molar-refractivity contribution in [1.82, 2.24) is 0 Å². The lowest BCUT2D eigenvalue weighted by Crippen LogP contribution is -2.30. The summed E-state index contributed by atoms with van der Waals surface area (Å²) in [6, 6.07) is 8.52. The minimum atomic E-state index is 0.00967. The van der Waals surface area contributed by atoms with E-state index in [4.69, 9.17) is 4.74 Å². The van der Waals surface area contributed by atoms with Crippen LogP contribution in [0.5, 0.6) is 5.75 Å². The number of esters is 1. The van der Waals surface area contributed by atoms with Crippen LogP contribution in [0, 0.1) is 29.6 Å². The summed E-state index contributed by atoms with van der Waals surface area (Å²) in [5.41, 5.74) is 1.44. The maximum Gasteiger partial charge on any atom is 0.314 e. The summed E-state index contributed by atoms with van der Waals surface area (Å²) in [6.07, 6.45) is 24.0. The minimum Gasteiger partial charge on any atom is -0.426 e. The molecule has 0 heterocycles. The molecule has 1 aromatic carbocycles. The molecule has 2 nitrogen and oxygen atoms in total. The Labute approximate surface area is 216 Å². The number of benzene rings is 1. The SMILES string of the molecule is CCCCC[C@H]1CC[C@H](c2ccc(OC(=O)C3CCC(C4CCC(CCC)CC4)CC3)cc2)CC1. The molecule has 0 radical (unpaired) electrons. The first-order chi connectivity index (χ1) is 17.2. The van der Waals surface area contributed by atoms with Crippen LogP contribution < -0.4 is 4.74 Å². The molecule has 3 saturated carbocycles. The fourth-order valence-electron chi connectivity index (χ4n) is 7.66. The zero-order valence-electron chi connectivity index (χ0n) is 22.8. The number of hydrogen-bond acceptors (Lipinski definition) is 2. The second-order valence-corrected chi connectivity index (χ2v) is 12.4. The van der Waals surface area contributed by atoms with Gasteiger partial charge in [-0.15, -0.1) is 0 Å². The Bertz CT molecular complexity index is 729. The first-order valence-electron chi connectivity index (χ1n) is 15.5. The second kappa shape index (κ2) is 13.8. The highest BCUT2D eigenvalue weighted by Gasteiger charge is 2.33. The third kappa shape index (κ3) is 7.83. The lowest BCUT2D eigenvalue weighted by atomic mass is 9.69. The molecule has 1 aromatic rings.